The summed E-state index contributed by atoms with van der Waals surface area (Å²) in [6, 6.07) is 5.14. The van der Waals surface area contributed by atoms with Crippen LogP contribution in [0.4, 0.5) is 0 Å². The predicted molar refractivity (Wildman–Crippen MR) is 70.3 cm³/mol. The van der Waals surface area contributed by atoms with Crippen LogP contribution in [0.5, 0.6) is 0 Å². The fourth-order valence-electron chi connectivity index (χ4n) is 2.11. The zero-order valence-electron chi connectivity index (χ0n) is 9.20. The molecule has 3 nitrogen and oxygen atoms in total. The highest BCUT2D eigenvalue weighted by Gasteiger charge is 2.29. The van der Waals surface area contributed by atoms with Gasteiger partial charge in [-0.2, -0.15) is 0 Å². The van der Waals surface area contributed by atoms with Crippen molar-refractivity contribution in [2.24, 2.45) is 0 Å². The Kier molecular flexibility index (Phi) is 4.07. The monoisotopic (exact) mass is 317 g/mol. The zero-order chi connectivity index (χ0) is 12.4. The number of rotatable bonds is 2. The fraction of sp³-hybridized carbons (Fsp3) is 0.417. The van der Waals surface area contributed by atoms with Crippen LogP contribution in [-0.2, 0) is 0 Å². The van der Waals surface area contributed by atoms with E-state index in [0.717, 1.165) is 17.3 Å². The van der Waals surface area contributed by atoms with E-state index in [1.807, 2.05) is 0 Å². The van der Waals surface area contributed by atoms with E-state index in [1.54, 1.807) is 23.1 Å². The molecule has 1 aliphatic heterocycles. The number of hydrogen-bond acceptors (Lipinski definition) is 2. The zero-order valence-corrected chi connectivity index (χ0v) is 11.5. The van der Waals surface area contributed by atoms with Crippen molar-refractivity contribution in [1.82, 2.24) is 4.90 Å². The lowest BCUT2D eigenvalue weighted by molar-refractivity contribution is 0.0677. The van der Waals surface area contributed by atoms with Crippen molar-refractivity contribution in [2.75, 3.05) is 13.2 Å². The lowest BCUT2D eigenvalue weighted by atomic mass is 10.1. The molecule has 1 atom stereocenters. The highest BCUT2D eigenvalue weighted by atomic mass is 79.9. The van der Waals surface area contributed by atoms with Gasteiger partial charge in [0.15, 0.2) is 0 Å². The third kappa shape index (κ3) is 2.64. The molecule has 1 N–H and O–H groups in total. The van der Waals surface area contributed by atoms with E-state index in [9.17, 15) is 9.90 Å². The lowest BCUT2D eigenvalue weighted by Gasteiger charge is -2.23. The highest BCUT2D eigenvalue weighted by Crippen LogP contribution is 2.26. The van der Waals surface area contributed by atoms with Gasteiger partial charge in [0.1, 0.15) is 0 Å². The molecule has 1 aromatic carbocycles. The molecule has 1 heterocycles. The summed E-state index contributed by atoms with van der Waals surface area (Å²) >= 11 is 9.36. The quantitative estimate of drug-likeness (QED) is 0.911. The average molecular weight is 319 g/mol. The first kappa shape index (κ1) is 12.9. The summed E-state index contributed by atoms with van der Waals surface area (Å²) in [5.41, 5.74) is 0.487. The molecule has 1 fully saturated rings. The van der Waals surface area contributed by atoms with Gasteiger partial charge in [-0.15, -0.1) is 0 Å². The van der Waals surface area contributed by atoms with Gasteiger partial charge >= 0.3 is 0 Å². The van der Waals surface area contributed by atoms with Crippen LogP contribution in [0.25, 0.3) is 0 Å². The summed E-state index contributed by atoms with van der Waals surface area (Å²) in [6.45, 7) is 0.699. The molecule has 1 aromatic rings. The fourth-order valence-corrected chi connectivity index (χ4v) is 2.67. The van der Waals surface area contributed by atoms with Crippen molar-refractivity contribution in [3.63, 3.8) is 0 Å². The first-order chi connectivity index (χ1) is 8.13. The molecule has 1 aliphatic rings. The Balaban J connectivity index is 2.27. The molecule has 0 unspecified atom stereocenters. The van der Waals surface area contributed by atoms with E-state index in [0.29, 0.717) is 17.1 Å². The number of carbonyl (C=O) groups is 1. The summed E-state index contributed by atoms with van der Waals surface area (Å²) in [6.07, 6.45) is 1.79. The minimum Gasteiger partial charge on any atom is -0.394 e. The first-order valence-electron chi connectivity index (χ1n) is 5.50. The molecule has 17 heavy (non-hydrogen) atoms. The van der Waals surface area contributed by atoms with Crippen LogP contribution in [-0.4, -0.2) is 35.1 Å². The van der Waals surface area contributed by atoms with Crippen molar-refractivity contribution in [3.8, 4) is 0 Å². The molecule has 5 heteroatoms. The predicted octanol–water partition coefficient (Wildman–Crippen LogP) is 2.70. The summed E-state index contributed by atoms with van der Waals surface area (Å²) in [7, 11) is 0. The van der Waals surface area contributed by atoms with Crippen LogP contribution in [0.1, 0.15) is 23.2 Å². The van der Waals surface area contributed by atoms with Gasteiger partial charge in [0.25, 0.3) is 5.91 Å². The maximum absolute atomic E-state index is 12.3. The molecule has 0 spiro atoms. The highest BCUT2D eigenvalue weighted by molar-refractivity contribution is 9.10. The Bertz CT molecular complexity index is 439. The molecule has 0 bridgehead atoms. The normalized spacial score (nSPS) is 19.7. The van der Waals surface area contributed by atoms with Crippen molar-refractivity contribution < 1.29 is 9.90 Å². The number of amides is 1. The summed E-state index contributed by atoms with van der Waals surface area (Å²) in [5, 5.41) is 9.67. The molecular weight excluding hydrogens is 305 g/mol. The van der Waals surface area contributed by atoms with Gasteiger partial charge < -0.3 is 10.0 Å². The minimum atomic E-state index is -0.104. The van der Waals surface area contributed by atoms with Gasteiger partial charge in [0.2, 0.25) is 0 Å². The van der Waals surface area contributed by atoms with E-state index in [2.05, 4.69) is 15.9 Å². The van der Waals surface area contributed by atoms with Crippen LogP contribution in [0.3, 0.4) is 0 Å². The van der Waals surface area contributed by atoms with E-state index < -0.39 is 0 Å². The van der Waals surface area contributed by atoms with Gasteiger partial charge in [0.05, 0.1) is 23.2 Å². The average Bonchev–Trinajstić information content (AvgIpc) is 2.79. The molecule has 92 valence electrons. The van der Waals surface area contributed by atoms with Gasteiger partial charge in [-0.25, -0.2) is 0 Å². The standard InChI is InChI=1S/C12H13BrClNO2/c13-8-3-4-11(14)10(6-8)12(17)15-5-1-2-9(15)7-16/h3-4,6,9,16H,1-2,5,7H2/t9-/m1/s1. The number of benzene rings is 1. The SMILES string of the molecule is O=C(c1cc(Br)ccc1Cl)N1CCC[C@@H]1CO. The van der Waals surface area contributed by atoms with Crippen LogP contribution < -0.4 is 0 Å². The molecule has 0 aromatic heterocycles. The Hall–Kier alpha value is -0.580. The Labute approximate surface area is 114 Å². The van der Waals surface area contributed by atoms with Crippen molar-refractivity contribution >= 4 is 33.4 Å². The third-order valence-corrected chi connectivity index (χ3v) is 3.83. The lowest BCUT2D eigenvalue weighted by Crippen LogP contribution is -2.37. The number of nitrogens with zero attached hydrogens (tertiary/aromatic N) is 1. The number of likely N-dealkylation sites (tertiary alicyclic amines) is 1. The Morgan fingerprint density at radius 1 is 1.59 bits per heavy atom. The summed E-state index contributed by atoms with van der Waals surface area (Å²) in [5.74, 6) is -0.104. The number of aliphatic hydroxyl groups is 1. The topological polar surface area (TPSA) is 40.5 Å². The van der Waals surface area contributed by atoms with Crippen LogP contribution in [0.15, 0.2) is 22.7 Å². The smallest absolute Gasteiger partial charge is 0.255 e. The Morgan fingerprint density at radius 3 is 3.06 bits per heavy atom. The summed E-state index contributed by atoms with van der Waals surface area (Å²) < 4.78 is 0.824. The molecule has 0 aliphatic carbocycles. The first-order valence-corrected chi connectivity index (χ1v) is 6.67. The summed E-state index contributed by atoms with van der Waals surface area (Å²) in [4.78, 5) is 14.0. The van der Waals surface area contributed by atoms with Crippen molar-refractivity contribution in [3.05, 3.63) is 33.3 Å². The van der Waals surface area contributed by atoms with E-state index in [-0.39, 0.29) is 18.6 Å². The van der Waals surface area contributed by atoms with E-state index in [1.165, 1.54) is 0 Å². The number of hydrogen-bond donors (Lipinski definition) is 1. The number of carbonyl (C=O) groups excluding carboxylic acids is 1. The maximum Gasteiger partial charge on any atom is 0.255 e. The molecule has 1 amide bonds. The Morgan fingerprint density at radius 2 is 2.35 bits per heavy atom. The molecule has 2 rings (SSSR count). The number of halogens is 2. The molecule has 0 radical (unpaired) electrons. The minimum absolute atomic E-state index is 0.0113. The van der Waals surface area contributed by atoms with Crippen molar-refractivity contribution in [2.45, 2.75) is 18.9 Å². The second kappa shape index (κ2) is 5.38. The largest absolute Gasteiger partial charge is 0.394 e. The van der Waals surface area contributed by atoms with E-state index in [4.69, 9.17) is 11.6 Å². The van der Waals surface area contributed by atoms with Gasteiger partial charge in [0, 0.05) is 11.0 Å². The van der Waals surface area contributed by atoms with E-state index >= 15 is 0 Å². The molecular formula is C12H13BrClNO2. The van der Waals surface area contributed by atoms with Crippen LogP contribution in [0, 0.1) is 0 Å². The van der Waals surface area contributed by atoms with Gasteiger partial charge in [-0.1, -0.05) is 27.5 Å². The van der Waals surface area contributed by atoms with Gasteiger partial charge in [-0.05, 0) is 31.0 Å². The molecule has 1 saturated heterocycles. The van der Waals surface area contributed by atoms with Crippen LogP contribution in [0.2, 0.25) is 5.02 Å². The number of aliphatic hydroxyl groups excluding tert-OH is 1. The maximum atomic E-state index is 12.3. The van der Waals surface area contributed by atoms with Gasteiger partial charge in [-0.3, -0.25) is 4.79 Å². The van der Waals surface area contributed by atoms with Crippen LogP contribution >= 0.6 is 27.5 Å². The van der Waals surface area contributed by atoms with Crippen molar-refractivity contribution in [1.29, 1.82) is 0 Å². The third-order valence-electron chi connectivity index (χ3n) is 3.01. The second-order valence-corrected chi connectivity index (χ2v) is 5.42. The molecule has 0 saturated carbocycles. The second-order valence-electron chi connectivity index (χ2n) is 4.10.